The van der Waals surface area contributed by atoms with Crippen LogP contribution in [0.4, 0.5) is 4.79 Å². The Morgan fingerprint density at radius 3 is 2.44 bits per heavy atom. The van der Waals surface area contributed by atoms with E-state index in [1.54, 1.807) is 6.92 Å². The summed E-state index contributed by atoms with van der Waals surface area (Å²) in [7, 11) is 0. The van der Waals surface area contributed by atoms with Crippen molar-refractivity contribution in [1.82, 2.24) is 4.90 Å². The van der Waals surface area contributed by atoms with E-state index in [1.165, 1.54) is 11.8 Å². The summed E-state index contributed by atoms with van der Waals surface area (Å²) in [5.74, 6) is -0.00772. The summed E-state index contributed by atoms with van der Waals surface area (Å²) in [6.45, 7) is 5.35. The molecule has 0 unspecified atom stereocenters. The number of carbonyl (C=O) groups excluding carboxylic acids is 2. The number of nitrogens with zero attached hydrogens (tertiary/aromatic N) is 1. The Labute approximate surface area is 107 Å². The van der Waals surface area contributed by atoms with Gasteiger partial charge in [-0.1, -0.05) is 30.3 Å². The van der Waals surface area contributed by atoms with Crippen molar-refractivity contribution in [2.75, 3.05) is 0 Å². The number of ether oxygens (including phenoxy) is 1. The van der Waals surface area contributed by atoms with Crippen molar-refractivity contribution < 1.29 is 14.3 Å². The van der Waals surface area contributed by atoms with Crippen LogP contribution in [0, 0.1) is 0 Å². The fourth-order valence-corrected chi connectivity index (χ4v) is 2.16. The van der Waals surface area contributed by atoms with Gasteiger partial charge in [-0.25, -0.2) is 4.79 Å². The van der Waals surface area contributed by atoms with Gasteiger partial charge in [-0.05, 0) is 26.3 Å². The number of hydrogen-bond acceptors (Lipinski definition) is 3. The van der Waals surface area contributed by atoms with Gasteiger partial charge in [0, 0.05) is 0 Å². The Bertz CT molecular complexity index is 471. The van der Waals surface area contributed by atoms with Crippen molar-refractivity contribution in [2.24, 2.45) is 0 Å². The smallest absolute Gasteiger partial charge is 0.411 e. The quantitative estimate of drug-likeness (QED) is 0.770. The lowest BCUT2D eigenvalue weighted by Crippen LogP contribution is -2.27. The molecule has 4 heteroatoms. The lowest BCUT2D eigenvalue weighted by molar-refractivity contribution is -0.119. The second-order valence-electron chi connectivity index (χ2n) is 4.79. The highest BCUT2D eigenvalue weighted by Crippen LogP contribution is 2.41. The molecule has 1 amide bonds. The zero-order chi connectivity index (χ0) is 13.3. The summed E-state index contributed by atoms with van der Waals surface area (Å²) in [6.07, 6.45) is -0.427. The highest BCUT2D eigenvalue weighted by atomic mass is 16.6. The van der Waals surface area contributed by atoms with Crippen LogP contribution in [0.2, 0.25) is 0 Å². The number of ketones is 1. The van der Waals surface area contributed by atoms with E-state index in [1.807, 2.05) is 37.3 Å². The Morgan fingerprint density at radius 2 is 1.94 bits per heavy atom. The average molecular weight is 247 g/mol. The number of amides is 1. The van der Waals surface area contributed by atoms with Crippen molar-refractivity contribution in [3.63, 3.8) is 0 Å². The minimum atomic E-state index is -0.687. The van der Waals surface area contributed by atoms with Gasteiger partial charge in [0.2, 0.25) is 0 Å². The molecule has 0 radical (unpaired) electrons. The number of carbonyl (C=O) groups is 2. The number of hydrogen-bond donors (Lipinski definition) is 0. The van der Waals surface area contributed by atoms with Gasteiger partial charge in [0.15, 0.2) is 5.78 Å². The molecule has 1 aliphatic rings. The van der Waals surface area contributed by atoms with E-state index in [0.717, 1.165) is 5.56 Å². The molecule has 1 aliphatic heterocycles. The lowest BCUT2D eigenvalue weighted by Gasteiger charge is -2.09. The van der Waals surface area contributed by atoms with Crippen LogP contribution in [-0.2, 0) is 16.1 Å². The maximum Gasteiger partial charge on any atom is 0.411 e. The van der Waals surface area contributed by atoms with Crippen LogP contribution in [-0.4, -0.2) is 28.4 Å². The molecule has 0 saturated carbocycles. The molecular weight excluding hydrogens is 230 g/mol. The minimum absolute atomic E-state index is 0.00772. The maximum atomic E-state index is 11.9. The van der Waals surface area contributed by atoms with Crippen molar-refractivity contribution in [3.8, 4) is 0 Å². The SMILES string of the molecule is CC(=O)[C@@]1(C)[C@H](C)N1C(=O)OCc1ccccc1. The fraction of sp³-hybridized carbons (Fsp3) is 0.429. The van der Waals surface area contributed by atoms with Crippen LogP contribution < -0.4 is 0 Å². The highest BCUT2D eigenvalue weighted by Gasteiger charge is 2.63. The molecule has 1 aromatic carbocycles. The number of benzene rings is 1. The topological polar surface area (TPSA) is 46.4 Å². The van der Waals surface area contributed by atoms with Gasteiger partial charge in [0.25, 0.3) is 0 Å². The molecule has 0 spiro atoms. The Morgan fingerprint density at radius 1 is 1.33 bits per heavy atom. The first-order valence-corrected chi connectivity index (χ1v) is 5.99. The van der Waals surface area contributed by atoms with Gasteiger partial charge < -0.3 is 4.74 Å². The third kappa shape index (κ3) is 1.98. The van der Waals surface area contributed by atoms with Crippen LogP contribution in [0.25, 0.3) is 0 Å². The zero-order valence-electron chi connectivity index (χ0n) is 10.8. The number of rotatable bonds is 3. The Balaban J connectivity index is 1.93. The van der Waals surface area contributed by atoms with Crippen molar-refractivity contribution >= 4 is 11.9 Å². The van der Waals surface area contributed by atoms with E-state index in [0.29, 0.717) is 0 Å². The monoisotopic (exact) mass is 247 g/mol. The molecule has 2 rings (SSSR count). The summed E-state index contributed by atoms with van der Waals surface area (Å²) in [5.41, 5.74) is 0.248. The summed E-state index contributed by atoms with van der Waals surface area (Å²) in [5, 5.41) is 0. The summed E-state index contributed by atoms with van der Waals surface area (Å²) in [4.78, 5) is 24.8. The molecule has 1 heterocycles. The normalized spacial score (nSPS) is 25.7. The second-order valence-corrected chi connectivity index (χ2v) is 4.79. The summed E-state index contributed by atoms with van der Waals surface area (Å²) >= 11 is 0. The Kier molecular flexibility index (Phi) is 3.11. The highest BCUT2D eigenvalue weighted by molar-refractivity contribution is 5.95. The van der Waals surface area contributed by atoms with E-state index in [9.17, 15) is 9.59 Å². The molecule has 96 valence electrons. The minimum Gasteiger partial charge on any atom is -0.445 e. The van der Waals surface area contributed by atoms with Crippen LogP contribution in [0.5, 0.6) is 0 Å². The van der Waals surface area contributed by atoms with E-state index in [-0.39, 0.29) is 18.4 Å². The molecule has 0 aromatic heterocycles. The molecule has 0 N–H and O–H groups in total. The van der Waals surface area contributed by atoms with E-state index >= 15 is 0 Å². The molecule has 4 nitrogen and oxygen atoms in total. The average Bonchev–Trinajstić information content (AvgIpc) is 2.92. The largest absolute Gasteiger partial charge is 0.445 e. The summed E-state index contributed by atoms with van der Waals surface area (Å²) < 4.78 is 5.20. The first-order valence-electron chi connectivity index (χ1n) is 5.99. The molecule has 0 bridgehead atoms. The molecule has 18 heavy (non-hydrogen) atoms. The molecule has 1 saturated heterocycles. The van der Waals surface area contributed by atoms with Gasteiger partial charge >= 0.3 is 6.09 Å². The summed E-state index contributed by atoms with van der Waals surface area (Å²) in [6, 6.07) is 9.39. The zero-order valence-corrected chi connectivity index (χ0v) is 10.8. The number of Topliss-reactive ketones (excluding diaryl/α,β-unsaturated/α-hetero) is 1. The molecule has 1 aromatic rings. The van der Waals surface area contributed by atoms with Crippen LogP contribution in [0.15, 0.2) is 30.3 Å². The van der Waals surface area contributed by atoms with Crippen LogP contribution in [0.1, 0.15) is 26.3 Å². The van der Waals surface area contributed by atoms with Gasteiger partial charge in [-0.15, -0.1) is 0 Å². The molecule has 0 aliphatic carbocycles. The predicted octanol–water partition coefficient (Wildman–Crippen LogP) is 2.38. The molecular formula is C14H17NO3. The molecule has 2 atom stereocenters. The van der Waals surface area contributed by atoms with Crippen molar-refractivity contribution in [2.45, 2.75) is 39.0 Å². The van der Waals surface area contributed by atoms with E-state index < -0.39 is 11.6 Å². The maximum absolute atomic E-state index is 11.9. The molecule has 1 fully saturated rings. The second kappa shape index (κ2) is 4.44. The van der Waals surface area contributed by atoms with Gasteiger partial charge in [-0.3, -0.25) is 9.69 Å². The first-order chi connectivity index (χ1) is 8.48. The van der Waals surface area contributed by atoms with E-state index in [4.69, 9.17) is 4.74 Å². The fourth-order valence-electron chi connectivity index (χ4n) is 2.16. The van der Waals surface area contributed by atoms with Gasteiger partial charge in [-0.2, -0.15) is 0 Å². The van der Waals surface area contributed by atoms with Crippen molar-refractivity contribution in [3.05, 3.63) is 35.9 Å². The van der Waals surface area contributed by atoms with Gasteiger partial charge in [0.1, 0.15) is 12.1 Å². The Hall–Kier alpha value is -1.84. The third-order valence-electron chi connectivity index (χ3n) is 3.75. The predicted molar refractivity (Wildman–Crippen MR) is 67.0 cm³/mol. The standard InChI is InChI=1S/C14H17NO3/c1-10-14(3,11(2)16)15(10)13(17)18-9-12-7-5-4-6-8-12/h4-8,10H,9H2,1-3H3/t10-,14+,15?/m0/s1. The third-order valence-corrected chi connectivity index (χ3v) is 3.75. The van der Waals surface area contributed by atoms with Gasteiger partial charge in [0.05, 0.1) is 6.04 Å². The van der Waals surface area contributed by atoms with Crippen LogP contribution in [0.3, 0.4) is 0 Å². The van der Waals surface area contributed by atoms with E-state index in [2.05, 4.69) is 0 Å². The van der Waals surface area contributed by atoms with Crippen LogP contribution >= 0.6 is 0 Å². The van der Waals surface area contributed by atoms with Crippen molar-refractivity contribution in [1.29, 1.82) is 0 Å². The lowest BCUT2D eigenvalue weighted by atomic mass is 10.0. The first kappa shape index (κ1) is 12.6.